The van der Waals surface area contributed by atoms with Crippen molar-refractivity contribution in [2.24, 2.45) is 11.7 Å². The molecule has 0 aliphatic carbocycles. The van der Waals surface area contributed by atoms with Crippen molar-refractivity contribution in [3.8, 4) is 0 Å². The SMILES string of the molecule is CC(C)[C@@H](N)[S+]=O. The summed E-state index contributed by atoms with van der Waals surface area (Å²) in [5, 5.41) is -0.236. The minimum absolute atomic E-state index is 0.236. The van der Waals surface area contributed by atoms with Crippen LogP contribution in [0.4, 0.5) is 0 Å². The van der Waals surface area contributed by atoms with Crippen LogP contribution in [0.1, 0.15) is 13.8 Å². The molecule has 0 saturated heterocycles. The van der Waals surface area contributed by atoms with E-state index in [4.69, 9.17) is 5.73 Å². The van der Waals surface area contributed by atoms with Gasteiger partial charge in [-0.3, -0.25) is 5.73 Å². The lowest BCUT2D eigenvalue weighted by molar-refractivity contribution is 0.567. The number of hydrogen-bond donors (Lipinski definition) is 1. The molecule has 0 aromatic heterocycles. The van der Waals surface area contributed by atoms with Gasteiger partial charge in [-0.2, -0.15) is 0 Å². The highest BCUT2D eigenvalue weighted by molar-refractivity contribution is 7.66. The minimum atomic E-state index is -0.236. The van der Waals surface area contributed by atoms with E-state index in [1.165, 1.54) is 0 Å². The topological polar surface area (TPSA) is 43.1 Å². The van der Waals surface area contributed by atoms with Crippen LogP contribution in [0.5, 0.6) is 0 Å². The van der Waals surface area contributed by atoms with Gasteiger partial charge in [-0.25, -0.2) is 0 Å². The van der Waals surface area contributed by atoms with E-state index in [1.54, 1.807) is 0 Å². The van der Waals surface area contributed by atoms with E-state index in [2.05, 4.69) is 0 Å². The Morgan fingerprint density at radius 1 is 1.57 bits per heavy atom. The highest BCUT2D eigenvalue weighted by atomic mass is 32.1. The molecule has 0 aromatic rings. The van der Waals surface area contributed by atoms with E-state index in [0.717, 1.165) is 0 Å². The summed E-state index contributed by atoms with van der Waals surface area (Å²) in [5.74, 6) is 0.294. The Hall–Kier alpha value is -0.0200. The first-order chi connectivity index (χ1) is 3.18. The van der Waals surface area contributed by atoms with Crippen LogP contribution >= 0.6 is 0 Å². The third kappa shape index (κ3) is 2.65. The first kappa shape index (κ1) is 6.98. The van der Waals surface area contributed by atoms with Crippen LogP contribution in [-0.4, -0.2) is 5.37 Å². The molecule has 2 N–H and O–H groups in total. The Bertz CT molecular complexity index is 64.7. The lowest BCUT2D eigenvalue weighted by Crippen LogP contribution is -2.24. The number of rotatable bonds is 2. The van der Waals surface area contributed by atoms with E-state index in [-0.39, 0.29) is 5.37 Å². The van der Waals surface area contributed by atoms with Gasteiger partial charge < -0.3 is 0 Å². The van der Waals surface area contributed by atoms with Crippen molar-refractivity contribution in [1.29, 1.82) is 0 Å². The molecule has 0 unspecified atom stereocenters. The molecule has 0 aliphatic rings. The maximum Gasteiger partial charge on any atom is 0.479 e. The summed E-state index contributed by atoms with van der Waals surface area (Å²) in [6.07, 6.45) is 0. The molecule has 7 heavy (non-hydrogen) atoms. The lowest BCUT2D eigenvalue weighted by Gasteiger charge is -1.92. The fourth-order valence-corrected chi connectivity index (χ4v) is 0.333. The van der Waals surface area contributed by atoms with E-state index < -0.39 is 0 Å². The fraction of sp³-hybridized carbons (Fsp3) is 1.00. The minimum Gasteiger partial charge on any atom is -0.274 e. The monoisotopic (exact) mass is 120 g/mol. The van der Waals surface area contributed by atoms with Gasteiger partial charge in [0.05, 0.1) is 0 Å². The molecular weight excluding hydrogens is 110 g/mol. The van der Waals surface area contributed by atoms with Gasteiger partial charge in [0.15, 0.2) is 0 Å². The van der Waals surface area contributed by atoms with Gasteiger partial charge in [0.2, 0.25) is 0 Å². The van der Waals surface area contributed by atoms with Crippen LogP contribution in [0.25, 0.3) is 0 Å². The van der Waals surface area contributed by atoms with Crippen molar-refractivity contribution in [2.75, 3.05) is 0 Å². The normalized spacial score (nSPS) is 14.3. The summed E-state index contributed by atoms with van der Waals surface area (Å²) in [4.78, 5) is 0. The van der Waals surface area contributed by atoms with E-state index in [1.807, 2.05) is 13.8 Å². The van der Waals surface area contributed by atoms with Gasteiger partial charge in [-0.05, 0) is 0 Å². The number of hydrogen-bond acceptors (Lipinski definition) is 2. The van der Waals surface area contributed by atoms with Crippen LogP contribution in [0.2, 0.25) is 0 Å². The van der Waals surface area contributed by atoms with Gasteiger partial charge in [0.1, 0.15) is 0 Å². The zero-order valence-corrected chi connectivity index (χ0v) is 5.37. The summed E-state index contributed by atoms with van der Waals surface area (Å²) in [5.41, 5.74) is 5.27. The molecule has 0 aliphatic heterocycles. The second kappa shape index (κ2) is 3.04. The molecule has 0 aromatic carbocycles. The molecule has 1 atom stereocenters. The Kier molecular flexibility index (Phi) is 3.04. The summed E-state index contributed by atoms with van der Waals surface area (Å²) in [7, 11) is 0. The molecule has 0 radical (unpaired) electrons. The predicted molar refractivity (Wildman–Crippen MR) is 30.9 cm³/mol. The van der Waals surface area contributed by atoms with E-state index >= 15 is 0 Å². The molecule has 0 heterocycles. The van der Waals surface area contributed by atoms with Crippen molar-refractivity contribution in [1.82, 2.24) is 0 Å². The lowest BCUT2D eigenvalue weighted by atomic mass is 10.2. The summed E-state index contributed by atoms with van der Waals surface area (Å²) in [6.45, 7) is 3.85. The van der Waals surface area contributed by atoms with Gasteiger partial charge in [0, 0.05) is 10.1 Å². The third-order valence-corrected chi connectivity index (χ3v) is 1.53. The Morgan fingerprint density at radius 3 is 2.00 bits per heavy atom. The summed E-state index contributed by atoms with van der Waals surface area (Å²) < 4.78 is 9.86. The van der Waals surface area contributed by atoms with Crippen LogP contribution in [0.3, 0.4) is 0 Å². The standard InChI is InChI=1S/C4H10NOS/c1-3(2)4(5)7-6/h3-4H,5H2,1-2H3/q+1/t4-/m0/s1. The maximum absolute atomic E-state index is 9.86. The van der Waals surface area contributed by atoms with Crippen molar-refractivity contribution in [2.45, 2.75) is 19.2 Å². The Morgan fingerprint density at radius 2 is 2.00 bits per heavy atom. The Balaban J connectivity index is 3.33. The van der Waals surface area contributed by atoms with Crippen LogP contribution < -0.4 is 5.73 Å². The molecular formula is C4H10NOS+. The fourth-order valence-electron chi connectivity index (χ4n) is 0.111. The largest absolute Gasteiger partial charge is 0.479 e. The first-order valence-corrected chi connectivity index (χ1v) is 3.03. The zero-order chi connectivity index (χ0) is 5.86. The molecule has 0 amide bonds. The molecule has 3 heteroatoms. The van der Waals surface area contributed by atoms with Gasteiger partial charge in [0.25, 0.3) is 5.37 Å². The van der Waals surface area contributed by atoms with Crippen molar-refractivity contribution >= 4 is 11.7 Å². The first-order valence-electron chi connectivity index (χ1n) is 2.22. The summed E-state index contributed by atoms with van der Waals surface area (Å²) >= 11 is 0.461. The third-order valence-electron chi connectivity index (χ3n) is 0.768. The molecule has 0 spiro atoms. The van der Waals surface area contributed by atoms with Crippen molar-refractivity contribution in [3.63, 3.8) is 0 Å². The highest BCUT2D eigenvalue weighted by Crippen LogP contribution is 1.94. The van der Waals surface area contributed by atoms with Gasteiger partial charge in [-0.1, -0.05) is 13.8 Å². The molecule has 42 valence electrons. The van der Waals surface area contributed by atoms with E-state index in [0.29, 0.717) is 17.6 Å². The Labute approximate surface area is 47.6 Å². The molecule has 2 nitrogen and oxygen atoms in total. The average molecular weight is 120 g/mol. The second-order valence-corrected chi connectivity index (χ2v) is 2.54. The van der Waals surface area contributed by atoms with Crippen molar-refractivity contribution < 1.29 is 4.21 Å². The molecule has 0 saturated carbocycles. The van der Waals surface area contributed by atoms with Gasteiger partial charge >= 0.3 is 11.7 Å². The summed E-state index contributed by atoms with van der Waals surface area (Å²) in [6, 6.07) is 0. The predicted octanol–water partition coefficient (Wildman–Crippen LogP) is 0.355. The second-order valence-electron chi connectivity index (χ2n) is 1.80. The van der Waals surface area contributed by atoms with Crippen molar-refractivity contribution in [3.05, 3.63) is 0 Å². The number of nitrogens with two attached hydrogens (primary N) is 1. The smallest absolute Gasteiger partial charge is 0.274 e. The molecule has 0 fully saturated rings. The van der Waals surface area contributed by atoms with Crippen LogP contribution in [-0.2, 0) is 15.9 Å². The van der Waals surface area contributed by atoms with Crippen LogP contribution in [0, 0.1) is 5.92 Å². The average Bonchev–Trinajstić information content (AvgIpc) is 1.65. The maximum atomic E-state index is 9.86. The quantitative estimate of drug-likeness (QED) is 0.422. The molecule has 0 bridgehead atoms. The van der Waals surface area contributed by atoms with Gasteiger partial charge in [-0.15, -0.1) is 0 Å². The van der Waals surface area contributed by atoms with Crippen LogP contribution in [0.15, 0.2) is 0 Å². The molecule has 0 rings (SSSR count). The van der Waals surface area contributed by atoms with E-state index in [9.17, 15) is 4.21 Å². The highest BCUT2D eigenvalue weighted by Gasteiger charge is 2.18. The zero-order valence-electron chi connectivity index (χ0n) is 4.55.